The number of hydrogen-bond donors (Lipinski definition) is 0. The van der Waals surface area contributed by atoms with E-state index < -0.39 is 0 Å². The fourth-order valence-corrected chi connectivity index (χ4v) is 4.45. The number of ketones is 1. The number of carbonyl (C=O) groups is 1. The molecule has 5 rings (SSSR count). The molecule has 158 valence electrons. The molecule has 1 saturated heterocycles. The van der Waals surface area contributed by atoms with Crippen molar-refractivity contribution in [1.29, 1.82) is 0 Å². The van der Waals surface area contributed by atoms with E-state index in [1.165, 1.54) is 5.56 Å². The van der Waals surface area contributed by atoms with Crippen LogP contribution in [0.3, 0.4) is 0 Å². The standard InChI is InChI=1S/C26H27N3O2/c30-26-22(18-29-14-12-28(13-15-29)17-20-6-2-1-3-7-20)19-31-25-10-9-21(16-23(25)26)24-8-4-5-11-27-24/h1-11,16,22H,12-15,17-19H2. The van der Waals surface area contributed by atoms with Crippen LogP contribution in [0.2, 0.25) is 0 Å². The molecular formula is C26H27N3O2. The zero-order valence-corrected chi connectivity index (χ0v) is 17.6. The molecule has 0 N–H and O–H groups in total. The predicted octanol–water partition coefficient (Wildman–Crippen LogP) is 3.76. The molecule has 0 bridgehead atoms. The van der Waals surface area contributed by atoms with Crippen LogP contribution in [0.15, 0.2) is 72.9 Å². The zero-order valence-electron chi connectivity index (χ0n) is 17.6. The van der Waals surface area contributed by atoms with Gasteiger partial charge in [0.15, 0.2) is 5.78 Å². The molecule has 3 heterocycles. The van der Waals surface area contributed by atoms with Gasteiger partial charge in [0.1, 0.15) is 5.75 Å². The Morgan fingerprint density at radius 1 is 0.903 bits per heavy atom. The predicted molar refractivity (Wildman–Crippen MR) is 121 cm³/mol. The number of piperazine rings is 1. The van der Waals surface area contributed by atoms with E-state index in [0.29, 0.717) is 17.9 Å². The maximum absolute atomic E-state index is 13.2. The largest absolute Gasteiger partial charge is 0.492 e. The van der Waals surface area contributed by atoms with Gasteiger partial charge in [0.2, 0.25) is 0 Å². The molecule has 1 fully saturated rings. The van der Waals surface area contributed by atoms with E-state index in [9.17, 15) is 4.79 Å². The van der Waals surface area contributed by atoms with Crippen molar-refractivity contribution in [3.05, 3.63) is 84.1 Å². The number of aromatic nitrogens is 1. The molecule has 0 aliphatic carbocycles. The first kappa shape index (κ1) is 19.9. The Hall–Kier alpha value is -3.02. The lowest BCUT2D eigenvalue weighted by molar-refractivity contribution is 0.0681. The van der Waals surface area contributed by atoms with Gasteiger partial charge in [-0.3, -0.25) is 19.6 Å². The highest BCUT2D eigenvalue weighted by molar-refractivity contribution is 6.02. The first-order valence-electron chi connectivity index (χ1n) is 11.0. The molecule has 31 heavy (non-hydrogen) atoms. The molecule has 2 aliphatic heterocycles. The van der Waals surface area contributed by atoms with Gasteiger partial charge in [-0.15, -0.1) is 0 Å². The highest BCUT2D eigenvalue weighted by atomic mass is 16.5. The summed E-state index contributed by atoms with van der Waals surface area (Å²) >= 11 is 0. The molecule has 1 unspecified atom stereocenters. The van der Waals surface area contributed by atoms with E-state index in [-0.39, 0.29) is 11.7 Å². The first-order valence-corrected chi connectivity index (χ1v) is 11.0. The average molecular weight is 414 g/mol. The third-order valence-corrected chi connectivity index (χ3v) is 6.21. The Morgan fingerprint density at radius 2 is 1.68 bits per heavy atom. The van der Waals surface area contributed by atoms with Crippen LogP contribution in [0.4, 0.5) is 0 Å². The van der Waals surface area contributed by atoms with Crippen molar-refractivity contribution in [3.8, 4) is 17.0 Å². The SMILES string of the molecule is O=C1c2cc(-c3ccccn3)ccc2OCC1CN1CCN(Cc2ccccc2)CC1. The molecule has 3 aromatic rings. The monoisotopic (exact) mass is 413 g/mol. The Bertz CT molecular complexity index is 1030. The van der Waals surface area contributed by atoms with E-state index in [2.05, 4.69) is 45.1 Å². The third-order valence-electron chi connectivity index (χ3n) is 6.21. The first-order chi connectivity index (χ1) is 15.3. The van der Waals surface area contributed by atoms with Crippen molar-refractivity contribution < 1.29 is 9.53 Å². The van der Waals surface area contributed by atoms with Gasteiger partial charge in [-0.1, -0.05) is 36.4 Å². The lowest BCUT2D eigenvalue weighted by Gasteiger charge is -2.37. The smallest absolute Gasteiger partial charge is 0.174 e. The van der Waals surface area contributed by atoms with Gasteiger partial charge in [-0.2, -0.15) is 0 Å². The maximum Gasteiger partial charge on any atom is 0.174 e. The number of benzene rings is 2. The van der Waals surface area contributed by atoms with Crippen LogP contribution in [-0.2, 0) is 6.54 Å². The lowest BCUT2D eigenvalue weighted by Crippen LogP contribution is -2.49. The summed E-state index contributed by atoms with van der Waals surface area (Å²) in [6.07, 6.45) is 1.77. The van der Waals surface area contributed by atoms with Crippen molar-refractivity contribution in [2.75, 3.05) is 39.3 Å². The fourth-order valence-electron chi connectivity index (χ4n) is 4.45. The van der Waals surface area contributed by atoms with Crippen molar-refractivity contribution in [3.63, 3.8) is 0 Å². The summed E-state index contributed by atoms with van der Waals surface area (Å²) in [4.78, 5) is 22.5. The van der Waals surface area contributed by atoms with Gasteiger partial charge in [-0.25, -0.2) is 0 Å². The summed E-state index contributed by atoms with van der Waals surface area (Å²) in [5, 5.41) is 0. The van der Waals surface area contributed by atoms with Crippen LogP contribution < -0.4 is 4.74 Å². The topological polar surface area (TPSA) is 45.7 Å². The molecule has 5 nitrogen and oxygen atoms in total. The molecule has 2 aromatic carbocycles. The minimum atomic E-state index is -0.118. The number of nitrogens with zero attached hydrogens (tertiary/aromatic N) is 3. The second kappa shape index (κ2) is 9.00. The van der Waals surface area contributed by atoms with Crippen LogP contribution in [-0.4, -0.2) is 59.9 Å². The highest BCUT2D eigenvalue weighted by Crippen LogP contribution is 2.31. The van der Waals surface area contributed by atoms with Crippen LogP contribution in [0.1, 0.15) is 15.9 Å². The van der Waals surface area contributed by atoms with Crippen molar-refractivity contribution in [2.24, 2.45) is 5.92 Å². The zero-order chi connectivity index (χ0) is 21.0. The average Bonchev–Trinajstić information content (AvgIpc) is 2.83. The van der Waals surface area contributed by atoms with E-state index in [1.807, 2.05) is 36.4 Å². The molecule has 0 radical (unpaired) electrons. The van der Waals surface area contributed by atoms with Gasteiger partial charge in [0.25, 0.3) is 0 Å². The number of fused-ring (bicyclic) bond motifs is 1. The van der Waals surface area contributed by atoms with Crippen LogP contribution in [0, 0.1) is 5.92 Å². The van der Waals surface area contributed by atoms with Crippen LogP contribution >= 0.6 is 0 Å². The number of ether oxygens (including phenoxy) is 1. The molecule has 0 spiro atoms. The van der Waals surface area contributed by atoms with E-state index >= 15 is 0 Å². The second-order valence-corrected chi connectivity index (χ2v) is 8.36. The Labute approximate surface area is 183 Å². The minimum absolute atomic E-state index is 0.118. The molecule has 1 aromatic heterocycles. The summed E-state index contributed by atoms with van der Waals surface area (Å²) < 4.78 is 5.96. The van der Waals surface area contributed by atoms with E-state index in [1.54, 1.807) is 6.20 Å². The van der Waals surface area contributed by atoms with E-state index in [0.717, 1.165) is 50.5 Å². The van der Waals surface area contributed by atoms with Gasteiger partial charge in [-0.05, 0) is 35.9 Å². The summed E-state index contributed by atoms with van der Waals surface area (Å²) in [6.45, 7) is 6.22. The fraction of sp³-hybridized carbons (Fsp3) is 0.308. The van der Waals surface area contributed by atoms with Gasteiger partial charge < -0.3 is 4.74 Å². The number of hydrogen-bond acceptors (Lipinski definition) is 5. The summed E-state index contributed by atoms with van der Waals surface area (Å²) in [7, 11) is 0. The molecule has 2 aliphatic rings. The molecule has 0 amide bonds. The second-order valence-electron chi connectivity index (χ2n) is 8.36. The minimum Gasteiger partial charge on any atom is -0.492 e. The van der Waals surface area contributed by atoms with Crippen molar-refractivity contribution in [2.45, 2.75) is 6.54 Å². The number of Topliss-reactive ketones (excluding diaryl/α,β-unsaturated/α-hetero) is 1. The lowest BCUT2D eigenvalue weighted by atomic mass is 9.92. The molecule has 0 saturated carbocycles. The number of rotatable bonds is 5. The van der Waals surface area contributed by atoms with Crippen LogP contribution in [0.25, 0.3) is 11.3 Å². The Kier molecular flexibility index (Phi) is 5.78. The molecule has 1 atom stereocenters. The molecule has 5 heteroatoms. The summed E-state index contributed by atoms with van der Waals surface area (Å²) in [5.74, 6) is 0.756. The Balaban J connectivity index is 1.21. The van der Waals surface area contributed by atoms with Gasteiger partial charge in [0.05, 0.1) is 23.8 Å². The third kappa shape index (κ3) is 4.53. The number of carbonyl (C=O) groups excluding carboxylic acids is 1. The van der Waals surface area contributed by atoms with E-state index in [4.69, 9.17) is 4.74 Å². The van der Waals surface area contributed by atoms with Gasteiger partial charge >= 0.3 is 0 Å². The number of pyridine rings is 1. The Morgan fingerprint density at radius 3 is 2.45 bits per heavy atom. The van der Waals surface area contributed by atoms with Gasteiger partial charge in [0, 0.05) is 51.0 Å². The maximum atomic E-state index is 13.2. The van der Waals surface area contributed by atoms with Crippen LogP contribution in [0.5, 0.6) is 5.75 Å². The summed E-state index contributed by atoms with van der Waals surface area (Å²) in [6, 6.07) is 22.2. The normalized spacial score (nSPS) is 19.6. The van der Waals surface area contributed by atoms with Crippen molar-refractivity contribution in [1.82, 2.24) is 14.8 Å². The quantitative estimate of drug-likeness (QED) is 0.637. The van der Waals surface area contributed by atoms with Crippen molar-refractivity contribution >= 4 is 5.78 Å². The highest BCUT2D eigenvalue weighted by Gasteiger charge is 2.31. The summed E-state index contributed by atoms with van der Waals surface area (Å²) in [5.41, 5.74) is 3.86. The molecular weight excluding hydrogens is 386 g/mol.